The molecule has 8 heteroatoms. The molecule has 0 fully saturated rings. The standard InChI is InChI=1S/2C10H13NO.BBr.B.BrH/c2*11-10-3-1-2-7-4-5-8(12)6-9(7)10;1-2;;/h2*1-3,8,12H,4-6,11H2;;;1H/t2*8-;;;/m11.../s1. The number of aliphatic hydroxyl groups excluding tert-OH is 2. The second-order valence-electron chi connectivity index (χ2n) is 6.76. The van der Waals surface area contributed by atoms with Gasteiger partial charge in [0.15, 0.2) is 6.67 Å². The van der Waals surface area contributed by atoms with Crippen molar-refractivity contribution in [2.45, 2.75) is 50.7 Å². The van der Waals surface area contributed by atoms with Gasteiger partial charge in [0.05, 0.1) is 12.2 Å². The maximum absolute atomic E-state index is 9.42. The predicted molar refractivity (Wildman–Crippen MR) is 129 cm³/mol. The number of nitrogen functional groups attached to an aromatic ring is 2. The van der Waals surface area contributed by atoms with Gasteiger partial charge in [-0.15, -0.1) is 17.0 Å². The molecule has 28 heavy (non-hydrogen) atoms. The third kappa shape index (κ3) is 7.14. The van der Waals surface area contributed by atoms with Gasteiger partial charge in [0.25, 0.3) is 0 Å². The fourth-order valence-electron chi connectivity index (χ4n) is 3.59. The molecule has 0 saturated carbocycles. The monoisotopic (exact) mass is 507 g/mol. The molecule has 2 aliphatic carbocycles. The lowest BCUT2D eigenvalue weighted by atomic mass is 9.89. The van der Waals surface area contributed by atoms with E-state index >= 15 is 0 Å². The zero-order valence-electron chi connectivity index (χ0n) is 15.9. The summed E-state index contributed by atoms with van der Waals surface area (Å²) in [6.07, 6.45) is 4.73. The van der Waals surface area contributed by atoms with Gasteiger partial charge in [-0.05, 0) is 60.1 Å². The Bertz CT molecular complexity index is 674. The molecule has 5 radical (unpaired) electrons. The Balaban J connectivity index is 0.000000449. The molecule has 0 aliphatic heterocycles. The second kappa shape index (κ2) is 13.3. The van der Waals surface area contributed by atoms with E-state index in [0.717, 1.165) is 61.0 Å². The molecule has 149 valence electrons. The minimum Gasteiger partial charge on any atom is -0.398 e. The normalized spacial score (nSPS) is 19.0. The summed E-state index contributed by atoms with van der Waals surface area (Å²) in [6, 6.07) is 11.9. The summed E-state index contributed by atoms with van der Waals surface area (Å²) >= 11 is 2.44. The molecule has 0 bridgehead atoms. The topological polar surface area (TPSA) is 92.5 Å². The number of hydrogen-bond donors (Lipinski definition) is 4. The SMILES string of the molecule is Br.Nc1cccc2c1C[C@H](O)CC2.Nc1cccc2c1C[C@H](O)CC2.[B].[B]Br. The van der Waals surface area contributed by atoms with Crippen LogP contribution in [0.3, 0.4) is 0 Å². The van der Waals surface area contributed by atoms with Crippen molar-refractivity contribution in [1.82, 2.24) is 0 Å². The van der Waals surface area contributed by atoms with Gasteiger partial charge >= 0.3 is 0 Å². The number of hydrogen-bond acceptors (Lipinski definition) is 4. The summed E-state index contributed by atoms with van der Waals surface area (Å²) in [6.45, 7) is 4.31. The van der Waals surface area contributed by atoms with Gasteiger partial charge in [-0.25, -0.2) is 0 Å². The number of aliphatic hydroxyl groups is 2. The Kier molecular flexibility index (Phi) is 12.9. The molecule has 2 aromatic carbocycles. The van der Waals surface area contributed by atoms with Crippen molar-refractivity contribution in [3.8, 4) is 0 Å². The molecule has 0 spiro atoms. The molecular weight excluding hydrogens is 482 g/mol. The Hall–Kier alpha value is -0.950. The van der Waals surface area contributed by atoms with Crippen molar-refractivity contribution in [3.05, 3.63) is 58.7 Å². The molecule has 4 rings (SSSR count). The van der Waals surface area contributed by atoms with Gasteiger partial charge in [-0.1, -0.05) is 24.3 Å². The first kappa shape index (κ1) is 27.0. The minimum atomic E-state index is -0.192. The molecule has 0 saturated heterocycles. The van der Waals surface area contributed by atoms with Crippen LogP contribution in [0.15, 0.2) is 36.4 Å². The number of nitrogens with two attached hydrogens (primary N) is 2. The number of aryl methyl sites for hydroxylation is 2. The lowest BCUT2D eigenvalue weighted by molar-refractivity contribution is 0.158. The van der Waals surface area contributed by atoms with E-state index in [1.165, 1.54) is 11.1 Å². The third-order valence-corrected chi connectivity index (χ3v) is 4.99. The number of rotatable bonds is 0. The summed E-state index contributed by atoms with van der Waals surface area (Å²) in [4.78, 5) is 0. The maximum Gasteiger partial charge on any atom is 0.176 e. The van der Waals surface area contributed by atoms with Crippen LogP contribution in [0.4, 0.5) is 11.4 Å². The maximum atomic E-state index is 9.42. The molecule has 6 N–H and O–H groups in total. The van der Waals surface area contributed by atoms with Gasteiger partial charge in [0.1, 0.15) is 0 Å². The highest BCUT2D eigenvalue weighted by atomic mass is 79.9. The van der Waals surface area contributed by atoms with Crippen LogP contribution >= 0.6 is 32.7 Å². The lowest BCUT2D eigenvalue weighted by Gasteiger charge is -2.21. The van der Waals surface area contributed by atoms with Crippen LogP contribution in [0.5, 0.6) is 0 Å². The van der Waals surface area contributed by atoms with Crippen molar-refractivity contribution in [2.24, 2.45) is 0 Å². The second-order valence-corrected chi connectivity index (χ2v) is 6.76. The minimum absolute atomic E-state index is 0. The Morgan fingerprint density at radius 1 is 0.786 bits per heavy atom. The molecule has 2 atom stereocenters. The van der Waals surface area contributed by atoms with E-state index in [0.29, 0.717) is 0 Å². The molecular formula is C20H27B2Br2N2O2. The molecule has 0 aromatic heterocycles. The van der Waals surface area contributed by atoms with Crippen LogP contribution in [0.25, 0.3) is 0 Å². The fourth-order valence-corrected chi connectivity index (χ4v) is 3.59. The Morgan fingerprint density at radius 3 is 1.50 bits per heavy atom. The van der Waals surface area contributed by atoms with Gasteiger partial charge in [-0.2, -0.15) is 15.8 Å². The van der Waals surface area contributed by atoms with Crippen LogP contribution in [0, 0.1) is 0 Å². The summed E-state index contributed by atoms with van der Waals surface area (Å²) < 4.78 is 0. The van der Waals surface area contributed by atoms with E-state index in [4.69, 9.17) is 11.5 Å². The van der Waals surface area contributed by atoms with Crippen LogP contribution < -0.4 is 11.5 Å². The van der Waals surface area contributed by atoms with Crippen molar-refractivity contribution in [2.75, 3.05) is 11.5 Å². The van der Waals surface area contributed by atoms with E-state index in [2.05, 4.69) is 34.6 Å². The first-order valence-electron chi connectivity index (χ1n) is 8.85. The van der Waals surface area contributed by atoms with Crippen LogP contribution in [0.2, 0.25) is 0 Å². The average molecular weight is 509 g/mol. The number of fused-ring (bicyclic) bond motifs is 2. The summed E-state index contributed by atoms with van der Waals surface area (Å²) in [7, 11) is 0. The van der Waals surface area contributed by atoms with Crippen LogP contribution in [-0.4, -0.2) is 37.5 Å². The lowest BCUT2D eigenvalue weighted by Crippen LogP contribution is -2.19. The number of benzene rings is 2. The molecule has 4 nitrogen and oxygen atoms in total. The van der Waals surface area contributed by atoms with Gasteiger partial charge in [0, 0.05) is 32.6 Å². The highest BCUT2D eigenvalue weighted by molar-refractivity contribution is 9.22. The molecule has 2 aromatic rings. The number of anilines is 2. The smallest absolute Gasteiger partial charge is 0.176 e. The van der Waals surface area contributed by atoms with Crippen molar-refractivity contribution in [1.29, 1.82) is 0 Å². The highest BCUT2D eigenvalue weighted by Gasteiger charge is 2.18. The number of halogens is 2. The van der Waals surface area contributed by atoms with Gasteiger partial charge in [0.2, 0.25) is 0 Å². The highest BCUT2D eigenvalue weighted by Crippen LogP contribution is 2.26. The van der Waals surface area contributed by atoms with E-state index in [1.807, 2.05) is 24.3 Å². The van der Waals surface area contributed by atoms with E-state index in [9.17, 15) is 10.2 Å². The van der Waals surface area contributed by atoms with Crippen LogP contribution in [-0.2, 0) is 25.7 Å². The van der Waals surface area contributed by atoms with Gasteiger partial charge in [-0.3, -0.25) is 0 Å². The molecule has 2 aliphatic rings. The first-order chi connectivity index (χ1) is 12.5. The van der Waals surface area contributed by atoms with Crippen molar-refractivity contribution < 1.29 is 10.2 Å². The van der Waals surface area contributed by atoms with E-state index < -0.39 is 0 Å². The summed E-state index contributed by atoms with van der Waals surface area (Å²) in [5, 5.41) is 18.8. The van der Waals surface area contributed by atoms with E-state index in [1.54, 1.807) is 0 Å². The van der Waals surface area contributed by atoms with Crippen molar-refractivity contribution >= 4 is 59.2 Å². The molecule has 0 heterocycles. The Morgan fingerprint density at radius 2 is 1.14 bits per heavy atom. The van der Waals surface area contributed by atoms with Gasteiger partial charge < -0.3 is 21.7 Å². The average Bonchev–Trinajstić information content (AvgIpc) is 2.65. The summed E-state index contributed by atoms with van der Waals surface area (Å²) in [5.74, 6) is 0. The largest absolute Gasteiger partial charge is 0.398 e. The summed E-state index contributed by atoms with van der Waals surface area (Å²) in [5.41, 5.74) is 18.1. The zero-order chi connectivity index (χ0) is 19.1. The van der Waals surface area contributed by atoms with Crippen molar-refractivity contribution in [3.63, 3.8) is 0 Å². The first-order valence-corrected chi connectivity index (χ1v) is 9.76. The zero-order valence-corrected chi connectivity index (χ0v) is 19.2. The fraction of sp³-hybridized carbons (Fsp3) is 0.400. The predicted octanol–water partition coefficient (Wildman–Crippen LogP) is 2.90. The third-order valence-electron chi connectivity index (χ3n) is 4.99. The Labute approximate surface area is 189 Å². The molecule has 0 unspecified atom stereocenters. The molecule has 0 amide bonds. The van der Waals surface area contributed by atoms with Crippen LogP contribution in [0.1, 0.15) is 35.1 Å². The quantitative estimate of drug-likeness (QED) is 0.325. The van der Waals surface area contributed by atoms with E-state index in [-0.39, 0.29) is 37.6 Å².